The Morgan fingerprint density at radius 1 is 1.09 bits per heavy atom. The zero-order valence-electron chi connectivity index (χ0n) is 11.8. The smallest absolute Gasteiger partial charge is 0.406 e. The zero-order valence-corrected chi connectivity index (χ0v) is 11.8. The Hall–Kier alpha value is -2.24. The van der Waals surface area contributed by atoms with Crippen LogP contribution in [0.25, 0.3) is 0 Å². The lowest BCUT2D eigenvalue weighted by Gasteiger charge is -2.23. The molecule has 2 rings (SSSR count). The number of furan rings is 1. The average molecular weight is 311 g/mol. The second kappa shape index (κ2) is 7.15. The fraction of sp³-hybridized carbons (Fsp3) is 0.312. The molecule has 0 saturated heterocycles. The number of aryl methyl sites for hydroxylation is 1. The maximum Gasteiger partial charge on any atom is 0.406 e. The van der Waals surface area contributed by atoms with E-state index in [1.807, 2.05) is 30.3 Å². The van der Waals surface area contributed by atoms with Gasteiger partial charge < -0.3 is 9.32 Å². The summed E-state index contributed by atoms with van der Waals surface area (Å²) in [6, 6.07) is 12.3. The summed E-state index contributed by atoms with van der Waals surface area (Å²) in [5.41, 5.74) is 0.917. The average Bonchev–Trinajstić information content (AvgIpc) is 2.97. The van der Waals surface area contributed by atoms with Crippen LogP contribution in [0.4, 0.5) is 13.2 Å². The van der Waals surface area contributed by atoms with E-state index in [-0.39, 0.29) is 13.0 Å². The van der Waals surface area contributed by atoms with E-state index in [0.717, 1.165) is 10.5 Å². The molecule has 1 amide bonds. The van der Waals surface area contributed by atoms with Crippen LogP contribution >= 0.6 is 0 Å². The fourth-order valence-electron chi connectivity index (χ4n) is 2.09. The van der Waals surface area contributed by atoms with Crippen molar-refractivity contribution >= 4 is 5.91 Å². The normalized spacial score (nSPS) is 11.4. The highest BCUT2D eigenvalue weighted by atomic mass is 19.4. The standard InChI is InChI=1S/C16H16F3NO2/c17-16(18,19)12-20(11-14-7-4-10-22-14)15(21)9-8-13-5-2-1-3-6-13/h1-7,10H,8-9,11-12H2. The molecular formula is C16H16F3NO2. The largest absolute Gasteiger partial charge is 0.467 e. The van der Waals surface area contributed by atoms with E-state index in [2.05, 4.69) is 0 Å². The first-order chi connectivity index (χ1) is 10.4. The summed E-state index contributed by atoms with van der Waals surface area (Å²) in [4.78, 5) is 12.9. The van der Waals surface area contributed by atoms with E-state index in [4.69, 9.17) is 4.42 Å². The predicted molar refractivity (Wildman–Crippen MR) is 74.9 cm³/mol. The molecule has 2 aromatic rings. The highest BCUT2D eigenvalue weighted by Crippen LogP contribution is 2.19. The van der Waals surface area contributed by atoms with Crippen LogP contribution in [0.2, 0.25) is 0 Å². The number of halogens is 3. The van der Waals surface area contributed by atoms with Gasteiger partial charge in [-0.1, -0.05) is 30.3 Å². The Morgan fingerprint density at radius 2 is 1.82 bits per heavy atom. The van der Waals surface area contributed by atoms with Crippen molar-refractivity contribution in [3.05, 3.63) is 60.1 Å². The zero-order chi connectivity index (χ0) is 16.0. The van der Waals surface area contributed by atoms with E-state index >= 15 is 0 Å². The second-order valence-corrected chi connectivity index (χ2v) is 4.93. The van der Waals surface area contributed by atoms with Gasteiger partial charge in [-0.3, -0.25) is 4.79 Å². The summed E-state index contributed by atoms with van der Waals surface area (Å²) in [6.07, 6.45) is -2.63. The Balaban J connectivity index is 1.98. The number of hydrogen-bond acceptors (Lipinski definition) is 2. The molecule has 0 aliphatic heterocycles. The van der Waals surface area contributed by atoms with E-state index in [1.54, 1.807) is 12.1 Å². The molecule has 22 heavy (non-hydrogen) atoms. The molecule has 118 valence electrons. The summed E-state index contributed by atoms with van der Waals surface area (Å²) >= 11 is 0. The molecule has 0 atom stereocenters. The first kappa shape index (κ1) is 16.1. The number of rotatable bonds is 6. The minimum Gasteiger partial charge on any atom is -0.467 e. The highest BCUT2D eigenvalue weighted by molar-refractivity contribution is 5.76. The van der Waals surface area contributed by atoms with Crippen molar-refractivity contribution in [2.24, 2.45) is 0 Å². The number of alkyl halides is 3. The fourth-order valence-corrected chi connectivity index (χ4v) is 2.09. The van der Waals surface area contributed by atoms with Crippen LogP contribution in [-0.2, 0) is 17.8 Å². The number of benzene rings is 1. The molecule has 0 unspecified atom stereocenters. The molecule has 1 heterocycles. The third-order valence-electron chi connectivity index (χ3n) is 3.12. The monoisotopic (exact) mass is 311 g/mol. The van der Waals surface area contributed by atoms with E-state index < -0.39 is 18.6 Å². The molecule has 0 bridgehead atoms. The lowest BCUT2D eigenvalue weighted by molar-refractivity contribution is -0.162. The Bertz CT molecular complexity index is 579. The van der Waals surface area contributed by atoms with Gasteiger partial charge in [-0.2, -0.15) is 13.2 Å². The minimum absolute atomic E-state index is 0.0286. The van der Waals surface area contributed by atoms with Crippen LogP contribution in [0, 0.1) is 0 Å². The van der Waals surface area contributed by atoms with Crippen LogP contribution in [0.3, 0.4) is 0 Å². The van der Waals surface area contributed by atoms with Crippen molar-refractivity contribution in [1.29, 1.82) is 0 Å². The summed E-state index contributed by atoms with van der Waals surface area (Å²) in [5.74, 6) is -0.213. The molecule has 0 radical (unpaired) electrons. The van der Waals surface area contributed by atoms with E-state index in [9.17, 15) is 18.0 Å². The topological polar surface area (TPSA) is 33.5 Å². The first-order valence-electron chi connectivity index (χ1n) is 6.85. The van der Waals surface area contributed by atoms with Crippen molar-refractivity contribution in [2.45, 2.75) is 25.6 Å². The van der Waals surface area contributed by atoms with Crippen molar-refractivity contribution in [2.75, 3.05) is 6.54 Å². The van der Waals surface area contributed by atoms with Crippen molar-refractivity contribution in [3.63, 3.8) is 0 Å². The van der Waals surface area contributed by atoms with Gasteiger partial charge in [0.2, 0.25) is 5.91 Å². The van der Waals surface area contributed by atoms with Crippen LogP contribution in [0.1, 0.15) is 17.7 Å². The minimum atomic E-state index is -4.44. The van der Waals surface area contributed by atoms with Crippen molar-refractivity contribution in [3.8, 4) is 0 Å². The highest BCUT2D eigenvalue weighted by Gasteiger charge is 2.33. The first-order valence-corrected chi connectivity index (χ1v) is 6.85. The van der Waals surface area contributed by atoms with Crippen LogP contribution in [-0.4, -0.2) is 23.5 Å². The van der Waals surface area contributed by atoms with Gasteiger partial charge in [-0.05, 0) is 24.1 Å². The van der Waals surface area contributed by atoms with Gasteiger partial charge in [0.25, 0.3) is 0 Å². The lowest BCUT2D eigenvalue weighted by atomic mass is 10.1. The molecule has 0 aliphatic rings. The molecule has 6 heteroatoms. The van der Waals surface area contributed by atoms with Gasteiger partial charge in [-0.25, -0.2) is 0 Å². The number of carbonyl (C=O) groups is 1. The predicted octanol–water partition coefficient (Wildman–Crippen LogP) is 3.80. The third-order valence-corrected chi connectivity index (χ3v) is 3.12. The van der Waals surface area contributed by atoms with E-state index in [0.29, 0.717) is 12.2 Å². The lowest BCUT2D eigenvalue weighted by Crippen LogP contribution is -2.38. The summed E-state index contributed by atoms with van der Waals surface area (Å²) in [5, 5.41) is 0. The number of amides is 1. The number of carbonyl (C=O) groups excluding carboxylic acids is 1. The van der Waals surface area contributed by atoms with Gasteiger partial charge >= 0.3 is 6.18 Å². The van der Waals surface area contributed by atoms with Crippen LogP contribution in [0.15, 0.2) is 53.1 Å². The van der Waals surface area contributed by atoms with Gasteiger partial charge in [0, 0.05) is 6.42 Å². The second-order valence-electron chi connectivity index (χ2n) is 4.93. The van der Waals surface area contributed by atoms with Crippen molar-refractivity contribution < 1.29 is 22.4 Å². The van der Waals surface area contributed by atoms with E-state index in [1.165, 1.54) is 6.26 Å². The summed E-state index contributed by atoms with van der Waals surface area (Å²) < 4.78 is 42.9. The quantitative estimate of drug-likeness (QED) is 0.813. The molecule has 1 aromatic heterocycles. The van der Waals surface area contributed by atoms with Crippen LogP contribution < -0.4 is 0 Å². The SMILES string of the molecule is O=C(CCc1ccccc1)N(Cc1ccco1)CC(F)(F)F. The molecule has 0 fully saturated rings. The maximum absolute atomic E-state index is 12.6. The van der Waals surface area contributed by atoms with Crippen LogP contribution in [0.5, 0.6) is 0 Å². The number of hydrogen-bond donors (Lipinski definition) is 0. The maximum atomic E-state index is 12.6. The molecule has 0 N–H and O–H groups in total. The molecule has 3 nitrogen and oxygen atoms in total. The Kier molecular flexibility index (Phi) is 5.25. The van der Waals surface area contributed by atoms with Gasteiger partial charge in [0.15, 0.2) is 0 Å². The Morgan fingerprint density at radius 3 is 2.41 bits per heavy atom. The molecule has 0 saturated carbocycles. The third kappa shape index (κ3) is 5.27. The molecular weight excluding hydrogens is 295 g/mol. The van der Waals surface area contributed by atoms with Gasteiger partial charge in [0.1, 0.15) is 12.3 Å². The van der Waals surface area contributed by atoms with Crippen molar-refractivity contribution in [1.82, 2.24) is 4.90 Å². The van der Waals surface area contributed by atoms with Gasteiger partial charge in [-0.15, -0.1) is 0 Å². The Labute approximate surface area is 126 Å². The molecule has 0 aliphatic carbocycles. The number of nitrogens with zero attached hydrogens (tertiary/aromatic N) is 1. The van der Waals surface area contributed by atoms with Gasteiger partial charge in [0.05, 0.1) is 12.8 Å². The molecule has 0 spiro atoms. The molecule has 1 aromatic carbocycles. The summed E-state index contributed by atoms with van der Waals surface area (Å²) in [7, 11) is 0. The summed E-state index contributed by atoms with van der Waals surface area (Å²) in [6.45, 7) is -1.46.